The van der Waals surface area contributed by atoms with E-state index in [-0.39, 0.29) is 11.9 Å². The van der Waals surface area contributed by atoms with Gasteiger partial charge in [0, 0.05) is 34.0 Å². The minimum atomic E-state index is -0.211. The number of thioether (sulfide) groups is 1. The smallest absolute Gasteiger partial charge is 0.163 e. The minimum Gasteiger partial charge on any atom is -0.363 e. The Bertz CT molecular complexity index is 1150. The van der Waals surface area contributed by atoms with E-state index in [1.165, 1.54) is 6.07 Å². The summed E-state index contributed by atoms with van der Waals surface area (Å²) in [6, 6.07) is 16.8. The summed E-state index contributed by atoms with van der Waals surface area (Å²) in [5.41, 5.74) is 2.72. The molecule has 0 fully saturated rings. The van der Waals surface area contributed by atoms with Gasteiger partial charge in [0.25, 0.3) is 0 Å². The molecule has 3 heterocycles. The van der Waals surface area contributed by atoms with E-state index in [2.05, 4.69) is 10.3 Å². The van der Waals surface area contributed by atoms with Crippen LogP contribution in [-0.4, -0.2) is 20.7 Å². The van der Waals surface area contributed by atoms with Crippen LogP contribution in [0.2, 0.25) is 0 Å². The van der Waals surface area contributed by atoms with E-state index in [0.717, 1.165) is 44.9 Å². The van der Waals surface area contributed by atoms with E-state index in [1.807, 2.05) is 42.5 Å². The van der Waals surface area contributed by atoms with Gasteiger partial charge >= 0.3 is 0 Å². The Balaban J connectivity index is 1.61. The lowest BCUT2D eigenvalue weighted by Gasteiger charge is -2.27. The number of rotatable bonds is 3. The van der Waals surface area contributed by atoms with E-state index in [4.69, 9.17) is 9.97 Å². The number of hydrogen-bond acceptors (Lipinski definition) is 5. The summed E-state index contributed by atoms with van der Waals surface area (Å²) in [5.74, 6) is 2.15. The van der Waals surface area contributed by atoms with Gasteiger partial charge in [0.05, 0.1) is 11.6 Å². The molecule has 0 radical (unpaired) electrons. The molecule has 1 unspecified atom stereocenters. The molecular weight excluding hydrogens is 371 g/mol. The van der Waals surface area contributed by atoms with Crippen LogP contribution in [0.15, 0.2) is 71.9 Å². The summed E-state index contributed by atoms with van der Waals surface area (Å²) in [5, 5.41) is 4.52. The van der Waals surface area contributed by atoms with Crippen molar-refractivity contribution in [2.24, 2.45) is 0 Å². The molecule has 2 aromatic carbocycles. The van der Waals surface area contributed by atoms with Gasteiger partial charge in [0.1, 0.15) is 11.6 Å². The third-order valence-corrected chi connectivity index (χ3v) is 5.97. The largest absolute Gasteiger partial charge is 0.363 e. The van der Waals surface area contributed by atoms with Crippen molar-refractivity contribution in [2.45, 2.75) is 17.4 Å². The van der Waals surface area contributed by atoms with Crippen molar-refractivity contribution in [1.82, 2.24) is 15.0 Å². The van der Waals surface area contributed by atoms with E-state index in [0.29, 0.717) is 5.82 Å². The van der Waals surface area contributed by atoms with Crippen molar-refractivity contribution >= 4 is 28.5 Å². The highest BCUT2D eigenvalue weighted by Gasteiger charge is 2.23. The average molecular weight is 388 g/mol. The van der Waals surface area contributed by atoms with Gasteiger partial charge in [-0.1, -0.05) is 12.1 Å². The topological polar surface area (TPSA) is 50.7 Å². The fraction of sp³-hybridized carbons (Fsp3) is 0.136. The third kappa shape index (κ3) is 3.20. The highest BCUT2D eigenvalue weighted by atomic mass is 32.2. The first kappa shape index (κ1) is 17.1. The molecule has 5 rings (SSSR count). The van der Waals surface area contributed by atoms with Crippen molar-refractivity contribution in [2.75, 3.05) is 11.1 Å². The Labute approximate surface area is 166 Å². The number of hydrogen-bond donors (Lipinski definition) is 1. The first-order valence-corrected chi connectivity index (χ1v) is 10.1. The maximum Gasteiger partial charge on any atom is 0.163 e. The van der Waals surface area contributed by atoms with Crippen LogP contribution >= 0.6 is 11.8 Å². The predicted molar refractivity (Wildman–Crippen MR) is 111 cm³/mol. The molecule has 1 atom stereocenters. The summed E-state index contributed by atoms with van der Waals surface area (Å²) in [6.07, 6.45) is 4.40. The molecule has 4 aromatic rings. The van der Waals surface area contributed by atoms with E-state index in [9.17, 15) is 4.39 Å². The van der Waals surface area contributed by atoms with Crippen LogP contribution < -0.4 is 5.32 Å². The Hall–Kier alpha value is -2.99. The normalized spacial score (nSPS) is 16.0. The SMILES string of the molecule is Fc1ccc2c(c1)C(Nc1nc(-c3cccnc3)nc3ccccc13)CCS2. The highest BCUT2D eigenvalue weighted by molar-refractivity contribution is 7.99. The molecule has 1 aliphatic heterocycles. The molecule has 6 heteroatoms. The lowest BCUT2D eigenvalue weighted by Crippen LogP contribution is -2.17. The standard InChI is InChI=1S/C22H17FN4S/c23-15-7-8-20-17(12-15)19(9-11-28-20)26-22-16-5-1-2-6-18(16)25-21(27-22)14-4-3-10-24-13-14/h1-8,10,12-13,19H,9,11H2,(H,25,26,27). The van der Waals surface area contributed by atoms with Crippen LogP contribution in [0.1, 0.15) is 18.0 Å². The van der Waals surface area contributed by atoms with Crippen molar-refractivity contribution in [1.29, 1.82) is 0 Å². The maximum absolute atomic E-state index is 13.9. The van der Waals surface area contributed by atoms with Crippen LogP contribution in [0.3, 0.4) is 0 Å². The van der Waals surface area contributed by atoms with Crippen LogP contribution in [-0.2, 0) is 0 Å². The summed E-state index contributed by atoms with van der Waals surface area (Å²) in [7, 11) is 0. The Morgan fingerprint density at radius 3 is 2.86 bits per heavy atom. The monoisotopic (exact) mass is 388 g/mol. The van der Waals surface area contributed by atoms with Crippen molar-refractivity contribution in [3.63, 3.8) is 0 Å². The van der Waals surface area contributed by atoms with Gasteiger partial charge in [-0.2, -0.15) is 0 Å². The molecule has 138 valence electrons. The van der Waals surface area contributed by atoms with Gasteiger partial charge in [-0.3, -0.25) is 4.98 Å². The molecule has 0 aliphatic carbocycles. The number of anilines is 1. The zero-order chi connectivity index (χ0) is 18.9. The second-order valence-corrected chi connectivity index (χ2v) is 7.81. The van der Waals surface area contributed by atoms with E-state index < -0.39 is 0 Å². The zero-order valence-corrected chi connectivity index (χ0v) is 15.8. The number of pyridine rings is 1. The summed E-state index contributed by atoms with van der Waals surface area (Å²) in [6.45, 7) is 0. The molecule has 0 spiro atoms. The molecule has 0 bridgehead atoms. The Kier molecular flexibility index (Phi) is 4.41. The fourth-order valence-corrected chi connectivity index (χ4v) is 4.60. The summed E-state index contributed by atoms with van der Waals surface area (Å²) >= 11 is 1.77. The zero-order valence-electron chi connectivity index (χ0n) is 15.0. The fourth-order valence-electron chi connectivity index (χ4n) is 3.49. The molecule has 1 aliphatic rings. The van der Waals surface area contributed by atoms with Gasteiger partial charge in [-0.15, -0.1) is 11.8 Å². The number of nitrogens with zero attached hydrogens (tertiary/aromatic N) is 3. The lowest BCUT2D eigenvalue weighted by atomic mass is 10.0. The number of nitrogens with one attached hydrogen (secondary N) is 1. The van der Waals surface area contributed by atoms with Gasteiger partial charge in [-0.25, -0.2) is 14.4 Å². The van der Waals surface area contributed by atoms with E-state index in [1.54, 1.807) is 30.2 Å². The number of fused-ring (bicyclic) bond motifs is 2. The summed E-state index contributed by atoms with van der Waals surface area (Å²) < 4.78 is 13.9. The number of halogens is 1. The second-order valence-electron chi connectivity index (χ2n) is 6.67. The third-order valence-electron chi connectivity index (χ3n) is 4.85. The van der Waals surface area contributed by atoms with Gasteiger partial charge in [0.2, 0.25) is 0 Å². The Morgan fingerprint density at radius 1 is 1.04 bits per heavy atom. The molecule has 1 N–H and O–H groups in total. The lowest BCUT2D eigenvalue weighted by molar-refractivity contribution is 0.616. The van der Waals surface area contributed by atoms with E-state index >= 15 is 0 Å². The summed E-state index contributed by atoms with van der Waals surface area (Å²) in [4.78, 5) is 14.8. The number of aromatic nitrogens is 3. The number of benzene rings is 2. The van der Waals surface area contributed by atoms with Crippen LogP contribution in [0.5, 0.6) is 0 Å². The Morgan fingerprint density at radius 2 is 1.96 bits per heavy atom. The second kappa shape index (κ2) is 7.20. The maximum atomic E-state index is 13.9. The minimum absolute atomic E-state index is 0.00649. The van der Waals surface area contributed by atoms with Gasteiger partial charge < -0.3 is 5.32 Å². The van der Waals surface area contributed by atoms with Gasteiger partial charge in [-0.05, 0) is 54.4 Å². The quantitative estimate of drug-likeness (QED) is 0.504. The van der Waals surface area contributed by atoms with Crippen LogP contribution in [0.25, 0.3) is 22.3 Å². The molecular formula is C22H17FN4S. The molecule has 28 heavy (non-hydrogen) atoms. The van der Waals surface area contributed by atoms with Crippen molar-refractivity contribution in [3.8, 4) is 11.4 Å². The molecule has 0 saturated heterocycles. The first-order valence-electron chi connectivity index (χ1n) is 9.14. The van der Waals surface area contributed by atoms with Crippen LogP contribution in [0, 0.1) is 5.82 Å². The first-order chi connectivity index (χ1) is 13.8. The van der Waals surface area contributed by atoms with Crippen LogP contribution in [0.4, 0.5) is 10.2 Å². The van der Waals surface area contributed by atoms with Gasteiger partial charge in [0.15, 0.2) is 5.82 Å². The van der Waals surface area contributed by atoms with Crippen molar-refractivity contribution in [3.05, 3.63) is 78.4 Å². The van der Waals surface area contributed by atoms with Crippen molar-refractivity contribution < 1.29 is 4.39 Å². The molecule has 4 nitrogen and oxygen atoms in total. The average Bonchev–Trinajstić information content (AvgIpc) is 2.75. The predicted octanol–water partition coefficient (Wildman–Crippen LogP) is 5.48. The molecule has 0 amide bonds. The number of para-hydroxylation sites is 1. The molecule has 0 saturated carbocycles. The highest BCUT2D eigenvalue weighted by Crippen LogP contribution is 2.39. The molecule has 2 aromatic heterocycles.